The van der Waals surface area contributed by atoms with Gasteiger partial charge in [-0.15, -0.1) is 11.8 Å². The van der Waals surface area contributed by atoms with Gasteiger partial charge in [-0.05, 0) is 52.9 Å². The lowest BCUT2D eigenvalue weighted by Gasteiger charge is -2.39. The van der Waals surface area contributed by atoms with E-state index in [1.54, 1.807) is 0 Å². The molecule has 2 aliphatic rings. The molecule has 2 heterocycles. The molecule has 0 aliphatic carbocycles. The molecule has 0 radical (unpaired) electrons. The topological polar surface area (TPSA) is 73.5 Å². The number of hydrogen-bond acceptors (Lipinski definition) is 4. The number of rotatable bonds is 5. The van der Waals surface area contributed by atoms with E-state index in [1.165, 1.54) is 5.56 Å². The summed E-state index contributed by atoms with van der Waals surface area (Å²) in [6.07, 6.45) is 2.49. The molecule has 8 heteroatoms. The molecule has 0 aromatic heterocycles. The lowest BCUT2D eigenvalue weighted by molar-refractivity contribution is -0.122. The predicted molar refractivity (Wildman–Crippen MR) is 129 cm³/mol. The number of nitrogens with zero attached hydrogens (tertiary/aromatic N) is 1. The monoisotopic (exact) mass is 502 g/mol. The summed E-state index contributed by atoms with van der Waals surface area (Å²) in [5.41, 5.74) is 1.99. The van der Waals surface area contributed by atoms with Crippen LogP contribution in [0.3, 0.4) is 0 Å². The van der Waals surface area contributed by atoms with Gasteiger partial charge < -0.3 is 15.5 Å². The van der Waals surface area contributed by atoms with Crippen LogP contribution in [-0.2, 0) is 11.2 Å². The van der Waals surface area contributed by atoms with Crippen molar-refractivity contribution in [2.24, 2.45) is 0 Å². The average molecular weight is 503 g/mol. The highest BCUT2D eigenvalue weighted by atomic mass is 79.9. The fourth-order valence-corrected chi connectivity index (χ4v) is 5.80. The van der Waals surface area contributed by atoms with Crippen LogP contribution in [0.2, 0.25) is 0 Å². The normalized spacial score (nSPS) is 19.9. The molecule has 164 valence electrons. The summed E-state index contributed by atoms with van der Waals surface area (Å²) in [5.74, 6) is 0.828. The fraction of sp³-hybridized carbons (Fsp3) is 0.391. The van der Waals surface area contributed by atoms with Gasteiger partial charge in [0.2, 0.25) is 5.91 Å². The number of hydrogen-bond donors (Lipinski definition) is 3. The van der Waals surface area contributed by atoms with Crippen LogP contribution in [0, 0.1) is 0 Å². The lowest BCUT2D eigenvalue weighted by Crippen LogP contribution is -2.55. The van der Waals surface area contributed by atoms with Gasteiger partial charge in [-0.3, -0.25) is 10.1 Å². The SMILES string of the molecule is O=C(NCCc1ccccc1)C1CSC2(CCN(C(=O)Nc3ccccc3Br)CC2)N1. The Balaban J connectivity index is 1.22. The molecule has 31 heavy (non-hydrogen) atoms. The number of nitrogens with one attached hydrogen (secondary N) is 3. The van der Waals surface area contributed by atoms with Gasteiger partial charge in [0.1, 0.15) is 0 Å². The number of benzene rings is 2. The Labute approximate surface area is 195 Å². The van der Waals surface area contributed by atoms with Crippen molar-refractivity contribution in [3.05, 3.63) is 64.6 Å². The van der Waals surface area contributed by atoms with Crippen molar-refractivity contribution < 1.29 is 9.59 Å². The van der Waals surface area contributed by atoms with Gasteiger partial charge in [0, 0.05) is 29.9 Å². The number of carbonyl (C=O) groups is 2. The predicted octanol–water partition coefficient (Wildman–Crippen LogP) is 3.84. The minimum absolute atomic E-state index is 0.0643. The molecule has 2 fully saturated rings. The Bertz CT molecular complexity index is 919. The molecular formula is C23H27BrN4O2S. The second kappa shape index (κ2) is 10.1. The maximum atomic E-state index is 12.6. The Morgan fingerprint density at radius 3 is 2.55 bits per heavy atom. The fourth-order valence-electron chi connectivity index (χ4n) is 4.00. The molecule has 2 aliphatic heterocycles. The molecule has 3 amide bonds. The number of thioether (sulfide) groups is 1. The van der Waals surface area contributed by atoms with Gasteiger partial charge in [-0.2, -0.15) is 0 Å². The molecule has 2 saturated heterocycles. The van der Waals surface area contributed by atoms with E-state index >= 15 is 0 Å². The summed E-state index contributed by atoms with van der Waals surface area (Å²) in [7, 11) is 0. The summed E-state index contributed by atoms with van der Waals surface area (Å²) in [6, 6.07) is 17.5. The molecule has 2 aromatic rings. The van der Waals surface area contributed by atoms with Crippen LogP contribution in [0.1, 0.15) is 18.4 Å². The second-order valence-corrected chi connectivity index (χ2v) is 10.2. The largest absolute Gasteiger partial charge is 0.354 e. The molecule has 6 nitrogen and oxygen atoms in total. The summed E-state index contributed by atoms with van der Waals surface area (Å²) in [6.45, 7) is 1.97. The van der Waals surface area contributed by atoms with E-state index in [2.05, 4.69) is 44.0 Å². The van der Waals surface area contributed by atoms with Crippen molar-refractivity contribution in [3.63, 3.8) is 0 Å². The molecule has 0 bridgehead atoms. The zero-order valence-corrected chi connectivity index (χ0v) is 19.7. The van der Waals surface area contributed by atoms with Crippen LogP contribution in [0.4, 0.5) is 10.5 Å². The smallest absolute Gasteiger partial charge is 0.321 e. The number of likely N-dealkylation sites (tertiary alicyclic amines) is 1. The first kappa shape index (κ1) is 22.2. The van der Waals surface area contributed by atoms with Crippen molar-refractivity contribution in [2.75, 3.05) is 30.7 Å². The van der Waals surface area contributed by atoms with Crippen LogP contribution in [-0.4, -0.2) is 53.1 Å². The van der Waals surface area contributed by atoms with E-state index in [0.717, 1.165) is 35.2 Å². The molecular weight excluding hydrogens is 476 g/mol. The van der Waals surface area contributed by atoms with Crippen molar-refractivity contribution in [1.82, 2.24) is 15.5 Å². The minimum Gasteiger partial charge on any atom is -0.354 e. The van der Waals surface area contributed by atoms with E-state index in [9.17, 15) is 9.59 Å². The third-order valence-electron chi connectivity index (χ3n) is 5.81. The number of urea groups is 1. The van der Waals surface area contributed by atoms with Crippen molar-refractivity contribution >= 4 is 45.3 Å². The summed E-state index contributed by atoms with van der Waals surface area (Å²) >= 11 is 5.28. The van der Waals surface area contributed by atoms with Gasteiger partial charge in [-0.25, -0.2) is 4.79 Å². The summed E-state index contributed by atoms with van der Waals surface area (Å²) in [4.78, 5) is 27.0. The first-order chi connectivity index (χ1) is 15.0. The molecule has 1 unspecified atom stereocenters. The first-order valence-electron chi connectivity index (χ1n) is 10.6. The maximum Gasteiger partial charge on any atom is 0.321 e. The van der Waals surface area contributed by atoms with E-state index in [-0.39, 0.29) is 22.9 Å². The average Bonchev–Trinajstić information content (AvgIpc) is 3.20. The zero-order valence-electron chi connectivity index (χ0n) is 17.3. The number of carbonyl (C=O) groups excluding carboxylic acids is 2. The first-order valence-corrected chi connectivity index (χ1v) is 12.4. The highest BCUT2D eigenvalue weighted by Gasteiger charge is 2.44. The molecule has 1 spiro atoms. The molecule has 0 saturated carbocycles. The van der Waals surface area contributed by atoms with Crippen molar-refractivity contribution in [1.29, 1.82) is 0 Å². The zero-order chi connectivity index (χ0) is 21.7. The second-order valence-electron chi connectivity index (χ2n) is 7.93. The molecule has 2 aromatic carbocycles. The Morgan fingerprint density at radius 2 is 1.81 bits per heavy atom. The molecule has 1 atom stereocenters. The summed E-state index contributed by atoms with van der Waals surface area (Å²) < 4.78 is 0.867. The van der Waals surface area contributed by atoms with Crippen LogP contribution in [0.25, 0.3) is 0 Å². The Morgan fingerprint density at radius 1 is 1.10 bits per heavy atom. The highest BCUT2D eigenvalue weighted by Crippen LogP contribution is 2.39. The van der Waals surface area contributed by atoms with E-state index < -0.39 is 0 Å². The van der Waals surface area contributed by atoms with Gasteiger partial charge in [0.05, 0.1) is 16.6 Å². The van der Waals surface area contributed by atoms with Crippen LogP contribution in [0.15, 0.2) is 59.1 Å². The van der Waals surface area contributed by atoms with Crippen molar-refractivity contribution in [2.45, 2.75) is 30.2 Å². The Kier molecular flexibility index (Phi) is 7.20. The quantitative estimate of drug-likeness (QED) is 0.580. The number of halogens is 1. The van der Waals surface area contributed by atoms with Gasteiger partial charge in [0.15, 0.2) is 0 Å². The standard InChI is InChI=1S/C23H27BrN4O2S/c24-18-8-4-5-9-19(18)26-22(30)28-14-11-23(12-15-28)27-20(16-31-23)21(29)25-13-10-17-6-2-1-3-7-17/h1-9,20,27H,10-16H2,(H,25,29)(H,26,30). The summed E-state index contributed by atoms with van der Waals surface area (Å²) in [5, 5.41) is 9.59. The van der Waals surface area contributed by atoms with Crippen LogP contribution >= 0.6 is 27.7 Å². The third kappa shape index (κ3) is 5.61. The maximum absolute atomic E-state index is 12.6. The lowest BCUT2D eigenvalue weighted by atomic mass is 10.0. The minimum atomic E-state index is -0.179. The van der Waals surface area contributed by atoms with Crippen LogP contribution in [0.5, 0.6) is 0 Å². The number of amides is 3. The molecule has 3 N–H and O–H groups in total. The van der Waals surface area contributed by atoms with Gasteiger partial charge in [-0.1, -0.05) is 42.5 Å². The van der Waals surface area contributed by atoms with Gasteiger partial charge >= 0.3 is 6.03 Å². The number of anilines is 1. The van der Waals surface area contributed by atoms with E-state index in [4.69, 9.17) is 0 Å². The van der Waals surface area contributed by atoms with E-state index in [0.29, 0.717) is 19.6 Å². The number of para-hydroxylation sites is 1. The van der Waals surface area contributed by atoms with E-state index in [1.807, 2.05) is 59.1 Å². The third-order valence-corrected chi connectivity index (χ3v) is 8.08. The Hall–Kier alpha value is -2.03. The number of piperidine rings is 1. The molecule has 4 rings (SSSR count). The highest BCUT2D eigenvalue weighted by molar-refractivity contribution is 9.10. The van der Waals surface area contributed by atoms with Crippen molar-refractivity contribution in [3.8, 4) is 0 Å². The van der Waals surface area contributed by atoms with Crippen LogP contribution < -0.4 is 16.0 Å². The van der Waals surface area contributed by atoms with Gasteiger partial charge in [0.25, 0.3) is 0 Å².